The fourth-order valence-electron chi connectivity index (χ4n) is 4.60. The number of hydrogen-bond acceptors (Lipinski definition) is 6. The van der Waals surface area contributed by atoms with E-state index in [0.29, 0.717) is 12.0 Å². The first kappa shape index (κ1) is 26.1. The molecule has 194 valence electrons. The number of pyridine rings is 1. The van der Waals surface area contributed by atoms with Crippen LogP contribution in [0.15, 0.2) is 54.6 Å². The number of rotatable bonds is 5. The predicted molar refractivity (Wildman–Crippen MR) is 140 cm³/mol. The van der Waals surface area contributed by atoms with E-state index in [9.17, 15) is 14.4 Å². The highest BCUT2D eigenvalue weighted by Crippen LogP contribution is 2.23. The average Bonchev–Trinajstić information content (AvgIpc) is 3.27. The largest absolute Gasteiger partial charge is 0.469 e. The number of carbonyl (C=O) groups is 3. The lowest BCUT2D eigenvalue weighted by atomic mass is 9.99. The van der Waals surface area contributed by atoms with Crippen molar-refractivity contribution in [2.45, 2.75) is 45.8 Å². The van der Waals surface area contributed by atoms with Gasteiger partial charge in [-0.05, 0) is 69.5 Å². The summed E-state index contributed by atoms with van der Waals surface area (Å²) in [5, 5.41) is 4.02. The van der Waals surface area contributed by atoms with Gasteiger partial charge in [0, 0.05) is 29.7 Å². The number of benzene rings is 2. The maximum Gasteiger partial charge on any atom is 0.410 e. The molecular formula is C29H33N3O5. The fraction of sp³-hybridized carbons (Fsp3) is 0.379. The number of fused-ring (bicyclic) bond motifs is 1. The second kappa shape index (κ2) is 10.6. The first-order valence-corrected chi connectivity index (χ1v) is 12.3. The quantitative estimate of drug-likeness (QED) is 0.522. The topological polar surface area (TPSA) is 97.8 Å². The maximum absolute atomic E-state index is 13.0. The summed E-state index contributed by atoms with van der Waals surface area (Å²) in [7, 11) is 1.30. The molecule has 1 saturated heterocycles. The predicted octanol–water partition coefficient (Wildman–Crippen LogP) is 4.27. The molecule has 1 aromatic heterocycles. The van der Waals surface area contributed by atoms with E-state index < -0.39 is 29.6 Å². The number of esters is 1. The number of para-hydroxylation sites is 1. The molecule has 0 spiro atoms. The number of nitrogens with zero attached hydrogens (tertiary/aromatic N) is 2. The lowest BCUT2D eigenvalue weighted by Crippen LogP contribution is -2.43. The highest BCUT2D eigenvalue weighted by atomic mass is 16.6. The summed E-state index contributed by atoms with van der Waals surface area (Å²) in [6, 6.07) is 17.0. The van der Waals surface area contributed by atoms with Crippen molar-refractivity contribution in [2.24, 2.45) is 5.92 Å². The van der Waals surface area contributed by atoms with E-state index in [4.69, 9.17) is 9.47 Å². The Hall–Kier alpha value is -3.94. The normalized spacial score (nSPS) is 17.5. The van der Waals surface area contributed by atoms with Crippen LogP contribution in [0.25, 0.3) is 10.9 Å². The highest BCUT2D eigenvalue weighted by molar-refractivity contribution is 5.95. The SMILES string of the molecule is COC(=O)[C@H]1CN(C(=O)OC(C)(C)C)C[C@H]1NC(=O)c1ccc(Cc2cc(C)nc3ccccc23)cc1. The third kappa shape index (κ3) is 6.25. The summed E-state index contributed by atoms with van der Waals surface area (Å²) in [6.07, 6.45) is 0.185. The number of aryl methyl sites for hydroxylation is 1. The molecular weight excluding hydrogens is 470 g/mol. The van der Waals surface area contributed by atoms with Crippen LogP contribution < -0.4 is 5.32 Å². The van der Waals surface area contributed by atoms with Gasteiger partial charge in [-0.15, -0.1) is 0 Å². The van der Waals surface area contributed by atoms with Gasteiger partial charge < -0.3 is 19.7 Å². The van der Waals surface area contributed by atoms with Gasteiger partial charge in [0.15, 0.2) is 0 Å². The molecule has 0 saturated carbocycles. The van der Waals surface area contributed by atoms with Gasteiger partial charge in [-0.1, -0.05) is 30.3 Å². The Labute approximate surface area is 217 Å². The molecule has 1 aliphatic rings. The summed E-state index contributed by atoms with van der Waals surface area (Å²) >= 11 is 0. The van der Waals surface area contributed by atoms with Crippen LogP contribution in [0.5, 0.6) is 0 Å². The Bertz CT molecular complexity index is 1310. The number of aromatic nitrogens is 1. The second-order valence-corrected chi connectivity index (χ2v) is 10.4. The highest BCUT2D eigenvalue weighted by Gasteiger charge is 2.42. The molecule has 2 atom stereocenters. The van der Waals surface area contributed by atoms with Crippen molar-refractivity contribution in [2.75, 3.05) is 20.2 Å². The molecule has 4 rings (SSSR count). The number of nitrogens with one attached hydrogen (secondary N) is 1. The van der Waals surface area contributed by atoms with Gasteiger partial charge >= 0.3 is 12.1 Å². The number of amides is 2. The van der Waals surface area contributed by atoms with Gasteiger partial charge in [0.2, 0.25) is 0 Å². The summed E-state index contributed by atoms with van der Waals surface area (Å²) in [4.78, 5) is 44.0. The molecule has 8 nitrogen and oxygen atoms in total. The van der Waals surface area contributed by atoms with Gasteiger partial charge in [0.05, 0.1) is 24.6 Å². The summed E-state index contributed by atoms with van der Waals surface area (Å²) in [5.41, 5.74) is 3.97. The molecule has 37 heavy (non-hydrogen) atoms. The van der Waals surface area contributed by atoms with Crippen molar-refractivity contribution in [1.82, 2.24) is 15.2 Å². The second-order valence-electron chi connectivity index (χ2n) is 10.4. The minimum absolute atomic E-state index is 0.116. The average molecular weight is 504 g/mol. The van der Waals surface area contributed by atoms with Crippen molar-refractivity contribution in [3.05, 3.63) is 77.0 Å². The zero-order chi connectivity index (χ0) is 26.7. The van der Waals surface area contributed by atoms with Crippen LogP contribution in [-0.2, 0) is 20.7 Å². The van der Waals surface area contributed by atoms with Gasteiger partial charge in [0.25, 0.3) is 5.91 Å². The minimum atomic E-state index is -0.677. The van der Waals surface area contributed by atoms with E-state index in [1.54, 1.807) is 32.9 Å². The number of likely N-dealkylation sites (tertiary alicyclic amines) is 1. The molecule has 2 amide bonds. The molecule has 0 unspecified atom stereocenters. The first-order valence-electron chi connectivity index (χ1n) is 12.3. The molecule has 0 bridgehead atoms. The van der Waals surface area contributed by atoms with Gasteiger partial charge in [-0.2, -0.15) is 0 Å². The summed E-state index contributed by atoms with van der Waals surface area (Å²) in [5.74, 6) is -1.47. The van der Waals surface area contributed by atoms with E-state index in [0.717, 1.165) is 22.2 Å². The van der Waals surface area contributed by atoms with E-state index >= 15 is 0 Å². The smallest absolute Gasteiger partial charge is 0.410 e. The van der Waals surface area contributed by atoms with E-state index in [1.165, 1.54) is 17.6 Å². The van der Waals surface area contributed by atoms with Crippen molar-refractivity contribution < 1.29 is 23.9 Å². The third-order valence-electron chi connectivity index (χ3n) is 6.33. The van der Waals surface area contributed by atoms with E-state index in [-0.39, 0.29) is 19.0 Å². The molecule has 0 radical (unpaired) electrons. The van der Waals surface area contributed by atoms with Crippen LogP contribution in [0.4, 0.5) is 4.79 Å². The Kier molecular flexibility index (Phi) is 7.47. The van der Waals surface area contributed by atoms with Crippen LogP contribution in [0.3, 0.4) is 0 Å². The molecule has 2 aromatic carbocycles. The van der Waals surface area contributed by atoms with Crippen LogP contribution in [-0.4, -0.2) is 59.7 Å². The number of hydrogen-bond donors (Lipinski definition) is 1. The zero-order valence-corrected chi connectivity index (χ0v) is 21.9. The summed E-state index contributed by atoms with van der Waals surface area (Å²) < 4.78 is 10.4. The first-order chi connectivity index (χ1) is 17.5. The van der Waals surface area contributed by atoms with Crippen molar-refractivity contribution >= 4 is 28.9 Å². The Morgan fingerprint density at radius 3 is 2.43 bits per heavy atom. The Morgan fingerprint density at radius 1 is 1.05 bits per heavy atom. The maximum atomic E-state index is 13.0. The standard InChI is InChI=1S/C29H33N3O5/c1-18-14-21(22-8-6-7-9-24(22)30-18)15-19-10-12-20(13-11-19)26(33)31-25-17-32(16-23(25)27(34)36-5)28(35)37-29(2,3)4/h6-14,23,25H,15-17H2,1-5H3,(H,31,33)/t23-,25+/m0/s1. The Balaban J connectivity index is 1.45. The van der Waals surface area contributed by atoms with Crippen LogP contribution in [0.2, 0.25) is 0 Å². The molecule has 8 heteroatoms. The minimum Gasteiger partial charge on any atom is -0.469 e. The number of ether oxygens (including phenoxy) is 2. The summed E-state index contributed by atoms with van der Waals surface area (Å²) in [6.45, 7) is 7.59. The Morgan fingerprint density at radius 2 is 1.76 bits per heavy atom. The van der Waals surface area contributed by atoms with E-state index in [1.807, 2.05) is 37.3 Å². The van der Waals surface area contributed by atoms with E-state index in [2.05, 4.69) is 22.4 Å². The van der Waals surface area contributed by atoms with Crippen molar-refractivity contribution in [3.8, 4) is 0 Å². The van der Waals surface area contributed by atoms with Crippen LogP contribution >= 0.6 is 0 Å². The van der Waals surface area contributed by atoms with Gasteiger partial charge in [0.1, 0.15) is 5.60 Å². The fourth-order valence-corrected chi connectivity index (χ4v) is 4.60. The molecule has 2 heterocycles. The van der Waals surface area contributed by atoms with Crippen LogP contribution in [0.1, 0.15) is 48.0 Å². The number of methoxy groups -OCH3 is 1. The molecule has 1 aliphatic heterocycles. The van der Waals surface area contributed by atoms with Gasteiger partial charge in [-0.25, -0.2) is 4.79 Å². The van der Waals surface area contributed by atoms with Crippen molar-refractivity contribution in [1.29, 1.82) is 0 Å². The molecule has 1 N–H and O–H groups in total. The zero-order valence-electron chi connectivity index (χ0n) is 21.9. The van der Waals surface area contributed by atoms with Gasteiger partial charge in [-0.3, -0.25) is 14.6 Å². The lowest BCUT2D eigenvalue weighted by Gasteiger charge is -2.24. The number of carbonyl (C=O) groups excluding carboxylic acids is 3. The van der Waals surface area contributed by atoms with Crippen LogP contribution in [0, 0.1) is 12.8 Å². The third-order valence-corrected chi connectivity index (χ3v) is 6.33. The molecule has 3 aromatic rings. The molecule has 0 aliphatic carbocycles. The lowest BCUT2D eigenvalue weighted by molar-refractivity contribution is -0.145. The van der Waals surface area contributed by atoms with Crippen molar-refractivity contribution in [3.63, 3.8) is 0 Å². The monoisotopic (exact) mass is 503 g/mol. The molecule has 1 fully saturated rings.